The number of allylic oxidation sites excluding steroid dienone is 3. The van der Waals surface area contributed by atoms with Gasteiger partial charge in [0.1, 0.15) is 0 Å². The van der Waals surface area contributed by atoms with Gasteiger partial charge in [-0.1, -0.05) is 30.2 Å². The van der Waals surface area contributed by atoms with E-state index in [0.717, 1.165) is 11.1 Å². The Balaban J connectivity index is 1.57. The average Bonchev–Trinajstić information content (AvgIpc) is 3.42. The lowest BCUT2D eigenvalue weighted by Crippen LogP contribution is -2.38. The summed E-state index contributed by atoms with van der Waals surface area (Å²) in [5.74, 6) is 3.47. The Morgan fingerprint density at radius 1 is 1.14 bits per heavy atom. The SMILES string of the molecule is C#C/C(=C(\C=C/C)CC(C)(C)Nc1nc(N2CCOCC2)nc(-n2c(C(F)F)nc3ccccc32)n1)c1ccnc(OC)c1. The maximum Gasteiger partial charge on any atom is 0.296 e. The summed E-state index contributed by atoms with van der Waals surface area (Å²) < 4.78 is 40.6. The summed E-state index contributed by atoms with van der Waals surface area (Å²) in [4.78, 5) is 24.3. The van der Waals surface area contributed by atoms with Crippen molar-refractivity contribution in [1.29, 1.82) is 0 Å². The molecule has 44 heavy (non-hydrogen) atoms. The molecule has 4 aromatic rings. The molecule has 0 bridgehead atoms. The highest BCUT2D eigenvalue weighted by atomic mass is 19.3. The van der Waals surface area contributed by atoms with Crippen LogP contribution >= 0.6 is 0 Å². The molecule has 0 aliphatic carbocycles. The molecule has 1 N–H and O–H groups in total. The van der Waals surface area contributed by atoms with Gasteiger partial charge in [-0.25, -0.2) is 18.7 Å². The lowest BCUT2D eigenvalue weighted by molar-refractivity contribution is 0.122. The number of halogens is 2. The van der Waals surface area contributed by atoms with Crippen LogP contribution in [-0.4, -0.2) is 68.4 Å². The smallest absolute Gasteiger partial charge is 0.296 e. The number of hydrogen-bond donors (Lipinski definition) is 1. The Morgan fingerprint density at radius 3 is 2.59 bits per heavy atom. The summed E-state index contributed by atoms with van der Waals surface area (Å²) in [6.45, 7) is 8.00. The number of imidazole rings is 1. The molecule has 1 fully saturated rings. The lowest BCUT2D eigenvalue weighted by Gasteiger charge is -2.30. The molecule has 12 heteroatoms. The number of para-hydroxylation sites is 2. The maximum atomic E-state index is 14.3. The molecule has 228 valence electrons. The van der Waals surface area contributed by atoms with E-state index in [1.54, 1.807) is 43.6 Å². The second-order valence-electron chi connectivity index (χ2n) is 10.8. The van der Waals surface area contributed by atoms with Gasteiger partial charge in [0.05, 0.1) is 31.4 Å². The van der Waals surface area contributed by atoms with Gasteiger partial charge in [-0.05, 0) is 56.5 Å². The molecular weight excluding hydrogens is 566 g/mol. The number of hydrogen-bond acceptors (Lipinski definition) is 9. The summed E-state index contributed by atoms with van der Waals surface area (Å²) in [6, 6.07) is 10.5. The Kier molecular flexibility index (Phi) is 9.15. The third kappa shape index (κ3) is 6.68. The zero-order chi connectivity index (χ0) is 31.3. The fourth-order valence-electron chi connectivity index (χ4n) is 5.11. The number of pyridine rings is 1. The number of anilines is 2. The van der Waals surface area contributed by atoms with Crippen molar-refractivity contribution in [3.8, 4) is 24.2 Å². The van der Waals surface area contributed by atoms with Crippen molar-refractivity contribution in [2.24, 2.45) is 0 Å². The van der Waals surface area contributed by atoms with Crippen molar-refractivity contribution in [1.82, 2.24) is 29.5 Å². The van der Waals surface area contributed by atoms with Crippen LogP contribution in [-0.2, 0) is 4.74 Å². The number of alkyl halides is 2. The molecule has 1 aromatic carbocycles. The van der Waals surface area contributed by atoms with Crippen molar-refractivity contribution in [2.45, 2.75) is 39.2 Å². The van der Waals surface area contributed by atoms with Crippen LogP contribution in [0.4, 0.5) is 20.7 Å². The second kappa shape index (κ2) is 13.2. The van der Waals surface area contributed by atoms with E-state index in [9.17, 15) is 8.78 Å². The maximum absolute atomic E-state index is 14.3. The largest absolute Gasteiger partial charge is 0.481 e. The van der Waals surface area contributed by atoms with Gasteiger partial charge in [0.25, 0.3) is 6.43 Å². The molecule has 0 amide bonds. The molecule has 1 aliphatic heterocycles. The number of nitrogens with zero attached hydrogens (tertiary/aromatic N) is 7. The van der Waals surface area contributed by atoms with Crippen molar-refractivity contribution in [2.75, 3.05) is 43.6 Å². The fraction of sp³-hybridized carbons (Fsp3) is 0.344. The molecule has 0 saturated carbocycles. The van der Waals surface area contributed by atoms with Gasteiger partial charge in [0.15, 0.2) is 5.82 Å². The third-order valence-electron chi connectivity index (χ3n) is 7.04. The highest BCUT2D eigenvalue weighted by Gasteiger charge is 2.27. The van der Waals surface area contributed by atoms with E-state index in [2.05, 4.69) is 31.2 Å². The van der Waals surface area contributed by atoms with Gasteiger partial charge in [-0.3, -0.25) is 4.57 Å². The molecule has 1 saturated heterocycles. The monoisotopic (exact) mass is 600 g/mol. The highest BCUT2D eigenvalue weighted by Crippen LogP contribution is 2.31. The van der Waals surface area contributed by atoms with Crippen LogP contribution < -0.4 is 15.0 Å². The number of fused-ring (bicyclic) bond motifs is 1. The predicted octanol–water partition coefficient (Wildman–Crippen LogP) is 5.63. The molecule has 5 rings (SSSR count). The molecule has 0 radical (unpaired) electrons. The van der Waals surface area contributed by atoms with Gasteiger partial charge in [-0.2, -0.15) is 15.0 Å². The number of nitrogens with one attached hydrogen (secondary N) is 1. The number of morpholine rings is 1. The highest BCUT2D eigenvalue weighted by molar-refractivity contribution is 5.83. The van der Waals surface area contributed by atoms with Crippen LogP contribution in [0.1, 0.15) is 45.0 Å². The zero-order valence-electron chi connectivity index (χ0n) is 25.1. The van der Waals surface area contributed by atoms with E-state index in [1.165, 1.54) is 4.57 Å². The van der Waals surface area contributed by atoms with Crippen molar-refractivity contribution in [3.05, 3.63) is 71.7 Å². The van der Waals surface area contributed by atoms with Crippen LogP contribution in [0.2, 0.25) is 0 Å². The van der Waals surface area contributed by atoms with E-state index < -0.39 is 17.8 Å². The predicted molar refractivity (Wildman–Crippen MR) is 166 cm³/mol. The molecule has 4 heterocycles. The topological polar surface area (TPSA) is 103 Å². The van der Waals surface area contributed by atoms with Crippen molar-refractivity contribution >= 4 is 28.5 Å². The quantitative estimate of drug-likeness (QED) is 0.183. The van der Waals surface area contributed by atoms with Crippen LogP contribution in [0.25, 0.3) is 22.6 Å². The Labute approximate surface area is 254 Å². The average molecular weight is 601 g/mol. The van der Waals surface area contributed by atoms with Crippen molar-refractivity contribution in [3.63, 3.8) is 0 Å². The fourth-order valence-corrected chi connectivity index (χ4v) is 5.11. The third-order valence-corrected chi connectivity index (χ3v) is 7.04. The minimum absolute atomic E-state index is 0.0428. The molecule has 10 nitrogen and oxygen atoms in total. The van der Waals surface area contributed by atoms with E-state index in [1.807, 2.05) is 43.9 Å². The van der Waals surface area contributed by atoms with E-state index in [-0.39, 0.29) is 11.9 Å². The molecule has 0 atom stereocenters. The number of terminal acetylenes is 1. The number of benzene rings is 1. The summed E-state index contributed by atoms with van der Waals surface area (Å²) in [7, 11) is 1.55. The van der Waals surface area contributed by atoms with Crippen molar-refractivity contribution < 1.29 is 18.3 Å². The molecular formula is C32H34F2N8O2. The first-order chi connectivity index (χ1) is 21.2. The Morgan fingerprint density at radius 2 is 1.89 bits per heavy atom. The number of rotatable bonds is 10. The summed E-state index contributed by atoms with van der Waals surface area (Å²) in [5.41, 5.74) is 2.63. The van der Waals surface area contributed by atoms with Crippen LogP contribution in [0.15, 0.2) is 60.3 Å². The minimum atomic E-state index is -2.85. The first-order valence-electron chi connectivity index (χ1n) is 14.2. The zero-order valence-corrected chi connectivity index (χ0v) is 25.1. The van der Waals surface area contributed by atoms with Gasteiger partial charge in [0, 0.05) is 36.5 Å². The minimum Gasteiger partial charge on any atom is -0.481 e. The summed E-state index contributed by atoms with van der Waals surface area (Å²) in [6.07, 6.45) is 9.19. The first kappa shape index (κ1) is 30.6. The number of aromatic nitrogens is 6. The second-order valence-corrected chi connectivity index (χ2v) is 10.8. The van der Waals surface area contributed by atoms with E-state index >= 15 is 0 Å². The van der Waals surface area contributed by atoms with Crippen LogP contribution in [0.3, 0.4) is 0 Å². The van der Waals surface area contributed by atoms with Gasteiger partial charge < -0.3 is 19.7 Å². The number of ether oxygens (including phenoxy) is 2. The molecule has 0 spiro atoms. The Hall–Kier alpha value is -4.89. The standard InChI is InChI=1S/C32H34F2N8O2/c1-6-10-22(23(7-2)21-13-14-35-26(19-21)43-5)20-32(3,4)40-29-37-30(41-15-17-44-18-16-41)39-31(38-29)42-25-12-9-8-11-24(25)36-28(42)27(33)34/h2,6,8-14,19,27H,15-18,20H2,1,3-5H3,(H,37,38,39,40)/b10-6-,23-22-. The summed E-state index contributed by atoms with van der Waals surface area (Å²) in [5, 5.41) is 3.42. The van der Waals surface area contributed by atoms with E-state index in [0.29, 0.717) is 61.2 Å². The van der Waals surface area contributed by atoms with Gasteiger partial charge in [0.2, 0.25) is 23.7 Å². The number of methoxy groups -OCH3 is 1. The van der Waals surface area contributed by atoms with Crippen LogP contribution in [0, 0.1) is 12.3 Å². The normalized spacial score (nSPS) is 14.6. The van der Waals surface area contributed by atoms with E-state index in [4.69, 9.17) is 20.9 Å². The lowest BCUT2D eigenvalue weighted by atomic mass is 9.89. The van der Waals surface area contributed by atoms with Gasteiger partial charge >= 0.3 is 0 Å². The molecule has 0 unspecified atom stereocenters. The first-order valence-corrected chi connectivity index (χ1v) is 14.2. The molecule has 3 aromatic heterocycles. The Bertz CT molecular complexity index is 1740. The van der Waals surface area contributed by atoms with Crippen LogP contribution in [0.5, 0.6) is 5.88 Å². The summed E-state index contributed by atoms with van der Waals surface area (Å²) >= 11 is 0. The van der Waals surface area contributed by atoms with Gasteiger partial charge in [-0.15, -0.1) is 6.42 Å². The molecule has 1 aliphatic rings.